The van der Waals surface area contributed by atoms with Gasteiger partial charge in [-0.1, -0.05) is 37.1 Å². The normalized spacial score (nSPS) is 18.3. The summed E-state index contributed by atoms with van der Waals surface area (Å²) in [6.07, 6.45) is 5.73. The van der Waals surface area contributed by atoms with Gasteiger partial charge in [-0.25, -0.2) is 0 Å². The minimum atomic E-state index is 0.307. The summed E-state index contributed by atoms with van der Waals surface area (Å²) in [6, 6.07) is 8.55. The van der Waals surface area contributed by atoms with Crippen LogP contribution >= 0.6 is 11.6 Å². The van der Waals surface area contributed by atoms with E-state index >= 15 is 0 Å². The highest BCUT2D eigenvalue weighted by Crippen LogP contribution is 2.48. The third-order valence-electron chi connectivity index (χ3n) is 4.17. The van der Waals surface area contributed by atoms with Gasteiger partial charge in [0.25, 0.3) is 0 Å². The second kappa shape index (κ2) is 6.74. The van der Waals surface area contributed by atoms with Crippen molar-refractivity contribution in [2.24, 2.45) is 5.41 Å². The molecule has 19 heavy (non-hydrogen) atoms. The fraction of sp³-hybridized carbons (Fsp3) is 0.625. The Balaban J connectivity index is 1.94. The van der Waals surface area contributed by atoms with Crippen molar-refractivity contribution in [3.8, 4) is 0 Å². The fourth-order valence-corrected chi connectivity index (χ4v) is 2.77. The molecule has 0 aromatic heterocycles. The molecule has 1 aliphatic rings. The zero-order valence-corrected chi connectivity index (χ0v) is 12.4. The van der Waals surface area contributed by atoms with Gasteiger partial charge in [0.1, 0.15) is 0 Å². The van der Waals surface area contributed by atoms with Crippen molar-refractivity contribution in [3.05, 3.63) is 34.9 Å². The summed E-state index contributed by atoms with van der Waals surface area (Å²) >= 11 is 5.95. The minimum absolute atomic E-state index is 0.307. The third-order valence-corrected chi connectivity index (χ3v) is 4.42. The van der Waals surface area contributed by atoms with Crippen LogP contribution in [0.5, 0.6) is 0 Å². The third kappa shape index (κ3) is 4.20. The summed E-state index contributed by atoms with van der Waals surface area (Å²) in [4.78, 5) is 0. The summed E-state index contributed by atoms with van der Waals surface area (Å²) in [5, 5.41) is 13.6. The highest BCUT2D eigenvalue weighted by Gasteiger charge is 2.41. The van der Waals surface area contributed by atoms with Gasteiger partial charge in [-0.3, -0.25) is 0 Å². The number of nitrogens with one attached hydrogen (secondary N) is 1. The maximum atomic E-state index is 9.12. The summed E-state index contributed by atoms with van der Waals surface area (Å²) < 4.78 is 0. The van der Waals surface area contributed by atoms with E-state index in [4.69, 9.17) is 16.7 Å². The predicted octanol–water partition coefficient (Wildman–Crippen LogP) is 3.93. The molecule has 0 heterocycles. The number of hydrogen-bond acceptors (Lipinski definition) is 2. The highest BCUT2D eigenvalue weighted by atomic mass is 35.5. The Morgan fingerprint density at radius 3 is 2.53 bits per heavy atom. The summed E-state index contributed by atoms with van der Waals surface area (Å²) in [5.41, 5.74) is 1.68. The molecule has 0 aliphatic heterocycles. The Hall–Kier alpha value is -0.570. The molecule has 1 fully saturated rings. The van der Waals surface area contributed by atoms with E-state index in [1.165, 1.54) is 18.4 Å². The Morgan fingerprint density at radius 1 is 1.32 bits per heavy atom. The average molecular weight is 282 g/mol. The van der Waals surface area contributed by atoms with Crippen molar-refractivity contribution >= 4 is 11.6 Å². The molecule has 106 valence electrons. The molecule has 0 radical (unpaired) electrons. The molecular formula is C16H24ClNO. The Bertz CT molecular complexity index is 386. The lowest BCUT2D eigenvalue weighted by Crippen LogP contribution is -2.29. The van der Waals surface area contributed by atoms with Crippen molar-refractivity contribution in [3.63, 3.8) is 0 Å². The zero-order chi connectivity index (χ0) is 13.7. The van der Waals surface area contributed by atoms with Gasteiger partial charge in [0.15, 0.2) is 0 Å². The number of benzene rings is 1. The topological polar surface area (TPSA) is 32.3 Å². The van der Waals surface area contributed by atoms with E-state index in [2.05, 4.69) is 24.4 Å². The molecule has 1 saturated carbocycles. The van der Waals surface area contributed by atoms with Crippen LogP contribution in [0.4, 0.5) is 0 Å². The van der Waals surface area contributed by atoms with Crippen LogP contribution in [0.15, 0.2) is 24.3 Å². The summed E-state index contributed by atoms with van der Waals surface area (Å²) in [7, 11) is 0. The Labute approximate surface area is 121 Å². The van der Waals surface area contributed by atoms with Gasteiger partial charge in [-0.2, -0.15) is 0 Å². The van der Waals surface area contributed by atoms with E-state index in [1.54, 1.807) is 0 Å². The van der Waals surface area contributed by atoms with Crippen LogP contribution < -0.4 is 5.32 Å². The molecule has 1 aromatic rings. The van der Waals surface area contributed by atoms with Crippen molar-refractivity contribution in [1.82, 2.24) is 5.32 Å². The lowest BCUT2D eigenvalue weighted by atomic mass is 9.99. The van der Waals surface area contributed by atoms with Gasteiger partial charge >= 0.3 is 0 Å². The number of hydrogen-bond donors (Lipinski definition) is 2. The number of aliphatic hydroxyl groups is 1. The monoisotopic (exact) mass is 281 g/mol. The molecule has 0 bridgehead atoms. The molecule has 0 saturated heterocycles. The van der Waals surface area contributed by atoms with Gasteiger partial charge in [-0.05, 0) is 48.8 Å². The Kier molecular flexibility index (Phi) is 5.26. The number of aliphatic hydroxyl groups excluding tert-OH is 1. The van der Waals surface area contributed by atoms with E-state index < -0.39 is 0 Å². The average Bonchev–Trinajstić information content (AvgIpc) is 3.16. The largest absolute Gasteiger partial charge is 0.396 e. The first-order valence-corrected chi connectivity index (χ1v) is 7.67. The van der Waals surface area contributed by atoms with Crippen molar-refractivity contribution < 1.29 is 5.11 Å². The molecular weight excluding hydrogens is 258 g/mol. The second-order valence-electron chi connectivity index (χ2n) is 5.75. The lowest BCUT2D eigenvalue weighted by molar-refractivity contribution is 0.241. The molecule has 0 spiro atoms. The molecule has 1 unspecified atom stereocenters. The molecule has 1 aromatic carbocycles. The lowest BCUT2D eigenvalue weighted by Gasteiger charge is -2.22. The van der Waals surface area contributed by atoms with Gasteiger partial charge in [0, 0.05) is 24.2 Å². The molecule has 2 rings (SSSR count). The first-order chi connectivity index (χ1) is 9.19. The van der Waals surface area contributed by atoms with E-state index in [-0.39, 0.29) is 0 Å². The highest BCUT2D eigenvalue weighted by molar-refractivity contribution is 6.30. The number of rotatable bonds is 8. The van der Waals surface area contributed by atoms with Crippen LogP contribution in [-0.2, 0) is 0 Å². The predicted molar refractivity (Wildman–Crippen MR) is 80.5 cm³/mol. The van der Waals surface area contributed by atoms with Crippen molar-refractivity contribution in [2.45, 2.75) is 45.1 Å². The van der Waals surface area contributed by atoms with Gasteiger partial charge in [0.05, 0.1) is 0 Å². The standard InChI is InChI=1S/C16H24ClNO/c1-2-3-15(13-4-6-14(17)7-5-13)18-12-16(8-9-16)10-11-19/h4-7,15,18-19H,2-3,8-12H2,1H3. The molecule has 3 heteroatoms. The smallest absolute Gasteiger partial charge is 0.0436 e. The molecule has 1 atom stereocenters. The van der Waals surface area contributed by atoms with Crippen LogP contribution in [0.25, 0.3) is 0 Å². The van der Waals surface area contributed by atoms with Crippen molar-refractivity contribution in [2.75, 3.05) is 13.2 Å². The van der Waals surface area contributed by atoms with Crippen molar-refractivity contribution in [1.29, 1.82) is 0 Å². The second-order valence-corrected chi connectivity index (χ2v) is 6.18. The van der Waals surface area contributed by atoms with E-state index in [0.717, 1.165) is 30.8 Å². The first kappa shape index (κ1) is 14.8. The van der Waals surface area contributed by atoms with Crippen LogP contribution in [0, 0.1) is 5.41 Å². The molecule has 2 nitrogen and oxygen atoms in total. The van der Waals surface area contributed by atoms with Gasteiger partial charge in [-0.15, -0.1) is 0 Å². The summed E-state index contributed by atoms with van der Waals surface area (Å²) in [5.74, 6) is 0. The SMILES string of the molecule is CCCC(NCC1(CCO)CC1)c1ccc(Cl)cc1. The van der Waals surface area contributed by atoms with E-state index in [9.17, 15) is 0 Å². The van der Waals surface area contributed by atoms with Crippen LogP contribution in [0.3, 0.4) is 0 Å². The molecule has 0 amide bonds. The maximum Gasteiger partial charge on any atom is 0.0436 e. The minimum Gasteiger partial charge on any atom is -0.396 e. The van der Waals surface area contributed by atoms with Crippen LogP contribution in [0.1, 0.15) is 50.6 Å². The van der Waals surface area contributed by atoms with Gasteiger partial charge < -0.3 is 10.4 Å². The van der Waals surface area contributed by atoms with Crippen LogP contribution in [-0.4, -0.2) is 18.3 Å². The van der Waals surface area contributed by atoms with Gasteiger partial charge in [0.2, 0.25) is 0 Å². The maximum absolute atomic E-state index is 9.12. The fourth-order valence-electron chi connectivity index (χ4n) is 2.64. The molecule has 1 aliphatic carbocycles. The van der Waals surface area contributed by atoms with E-state index in [0.29, 0.717) is 18.1 Å². The quantitative estimate of drug-likeness (QED) is 0.757. The van der Waals surface area contributed by atoms with E-state index in [1.807, 2.05) is 12.1 Å². The Morgan fingerprint density at radius 2 is 2.00 bits per heavy atom. The van der Waals surface area contributed by atoms with Crippen LogP contribution in [0.2, 0.25) is 5.02 Å². The molecule has 2 N–H and O–H groups in total. The first-order valence-electron chi connectivity index (χ1n) is 7.29. The number of halogens is 1. The zero-order valence-electron chi connectivity index (χ0n) is 11.7. The summed E-state index contributed by atoms with van der Waals surface area (Å²) in [6.45, 7) is 3.53.